The minimum absolute atomic E-state index is 0.171. The summed E-state index contributed by atoms with van der Waals surface area (Å²) < 4.78 is 9.24. The minimum atomic E-state index is -1.16. The van der Waals surface area contributed by atoms with E-state index in [-0.39, 0.29) is 18.2 Å². The third kappa shape index (κ3) is 4.75. The summed E-state index contributed by atoms with van der Waals surface area (Å²) in [5.41, 5.74) is 1.02. The highest BCUT2D eigenvalue weighted by Gasteiger charge is 2.20. The zero-order chi connectivity index (χ0) is 17.9. The Hall–Kier alpha value is -1.51. The molecule has 24 heavy (non-hydrogen) atoms. The van der Waals surface area contributed by atoms with E-state index >= 15 is 0 Å². The van der Waals surface area contributed by atoms with Crippen LogP contribution in [0, 0.1) is 15.0 Å². The second-order valence-corrected chi connectivity index (χ2v) is 13.4. The molecule has 0 radical (unpaired) electrons. The van der Waals surface area contributed by atoms with Gasteiger partial charge in [0.2, 0.25) is 5.78 Å². The van der Waals surface area contributed by atoms with Gasteiger partial charge in [-0.05, 0) is 28.6 Å². The molecule has 2 rings (SSSR count). The molecular formula is C15H20IN5O2Si. The number of carbonyl (C=O) groups is 1. The number of carbonyl (C=O) groups excluding carboxylic acids is 1. The number of aryl methyl sites for hydroxylation is 1. The first-order chi connectivity index (χ1) is 11.2. The molecule has 0 bridgehead atoms. The normalized spacial score (nSPS) is 11.5. The van der Waals surface area contributed by atoms with Crippen LogP contribution in [0.3, 0.4) is 0 Å². The third-order valence-electron chi connectivity index (χ3n) is 3.37. The summed E-state index contributed by atoms with van der Waals surface area (Å²) >= 11 is 2.01. The highest BCUT2D eigenvalue weighted by Crippen LogP contribution is 2.16. The van der Waals surface area contributed by atoms with E-state index < -0.39 is 8.07 Å². The van der Waals surface area contributed by atoms with Gasteiger partial charge in [-0.2, -0.15) is 15.5 Å². The number of halogens is 1. The smallest absolute Gasteiger partial charge is 0.217 e. The number of ether oxygens (including phenoxy) is 1. The average molecular weight is 457 g/mol. The molecule has 0 spiro atoms. The number of nitrogens with zero attached hydrogens (tertiary/aromatic N) is 5. The van der Waals surface area contributed by atoms with Gasteiger partial charge in [-0.25, -0.2) is 4.68 Å². The van der Waals surface area contributed by atoms with Crippen molar-refractivity contribution in [2.45, 2.75) is 32.4 Å². The van der Waals surface area contributed by atoms with Crippen LogP contribution in [0.5, 0.6) is 0 Å². The van der Waals surface area contributed by atoms with Crippen molar-refractivity contribution in [1.82, 2.24) is 19.6 Å². The van der Waals surface area contributed by atoms with Crippen LogP contribution in [0.4, 0.5) is 0 Å². The van der Waals surface area contributed by atoms with E-state index in [2.05, 4.69) is 35.9 Å². The summed E-state index contributed by atoms with van der Waals surface area (Å²) in [6.45, 7) is 7.63. The summed E-state index contributed by atoms with van der Waals surface area (Å²) in [5, 5.41) is 17.6. The van der Waals surface area contributed by atoms with Crippen LogP contribution in [0.2, 0.25) is 25.7 Å². The first-order valence-electron chi connectivity index (χ1n) is 7.51. The van der Waals surface area contributed by atoms with Gasteiger partial charge in [-0.1, -0.05) is 19.6 Å². The Kier molecular flexibility index (Phi) is 5.95. The van der Waals surface area contributed by atoms with Crippen LogP contribution in [0.15, 0.2) is 12.3 Å². The maximum absolute atomic E-state index is 12.5. The lowest BCUT2D eigenvalue weighted by Gasteiger charge is -2.15. The van der Waals surface area contributed by atoms with Gasteiger partial charge in [0.05, 0.1) is 5.56 Å². The van der Waals surface area contributed by atoms with Gasteiger partial charge in [0, 0.05) is 34.0 Å². The van der Waals surface area contributed by atoms with Gasteiger partial charge in [-0.15, -0.1) is 0 Å². The van der Waals surface area contributed by atoms with E-state index in [0.717, 1.165) is 6.04 Å². The van der Waals surface area contributed by atoms with E-state index in [1.54, 1.807) is 17.9 Å². The van der Waals surface area contributed by atoms with Crippen LogP contribution in [-0.2, 0) is 18.5 Å². The monoisotopic (exact) mass is 457 g/mol. The molecule has 0 atom stereocenters. The van der Waals surface area contributed by atoms with Crippen LogP contribution in [0.25, 0.3) is 0 Å². The fourth-order valence-electron chi connectivity index (χ4n) is 2.00. The van der Waals surface area contributed by atoms with Gasteiger partial charge >= 0.3 is 0 Å². The topological polar surface area (TPSA) is 85.7 Å². The predicted octanol–water partition coefficient (Wildman–Crippen LogP) is 2.64. The third-order valence-corrected chi connectivity index (χ3v) is 5.87. The fourth-order valence-corrected chi connectivity index (χ4v) is 3.48. The molecular weight excluding hydrogens is 437 g/mol. The minimum Gasteiger partial charge on any atom is -0.359 e. The van der Waals surface area contributed by atoms with E-state index in [1.807, 2.05) is 22.6 Å². The zero-order valence-corrected chi connectivity index (χ0v) is 17.4. The zero-order valence-electron chi connectivity index (χ0n) is 14.2. The SMILES string of the molecule is Cn1cc(C(=O)c2cc(C#N)n(COCC[Si](C)(C)C)n2)c(I)n1. The van der Waals surface area contributed by atoms with Crippen LogP contribution in [0.1, 0.15) is 21.7 Å². The van der Waals surface area contributed by atoms with Crippen molar-refractivity contribution in [3.8, 4) is 6.07 Å². The van der Waals surface area contributed by atoms with E-state index in [0.29, 0.717) is 21.6 Å². The summed E-state index contributed by atoms with van der Waals surface area (Å²) in [5.74, 6) is -0.246. The molecule has 0 aliphatic heterocycles. The molecule has 2 heterocycles. The molecule has 0 aliphatic carbocycles. The quantitative estimate of drug-likeness (QED) is 0.276. The van der Waals surface area contributed by atoms with Crippen molar-refractivity contribution < 1.29 is 9.53 Å². The second kappa shape index (κ2) is 7.58. The van der Waals surface area contributed by atoms with Gasteiger partial charge in [-0.3, -0.25) is 9.48 Å². The van der Waals surface area contributed by atoms with Crippen LogP contribution >= 0.6 is 22.6 Å². The fraction of sp³-hybridized carbons (Fsp3) is 0.467. The summed E-state index contributed by atoms with van der Waals surface area (Å²) in [4.78, 5) is 12.5. The highest BCUT2D eigenvalue weighted by molar-refractivity contribution is 14.1. The van der Waals surface area contributed by atoms with Gasteiger partial charge in [0.15, 0.2) is 0 Å². The number of rotatable bonds is 7. The first kappa shape index (κ1) is 18.8. The van der Waals surface area contributed by atoms with Crippen molar-refractivity contribution in [1.29, 1.82) is 5.26 Å². The number of hydrogen-bond donors (Lipinski definition) is 0. The highest BCUT2D eigenvalue weighted by atomic mass is 127. The van der Waals surface area contributed by atoms with Gasteiger partial charge < -0.3 is 4.74 Å². The summed E-state index contributed by atoms with van der Waals surface area (Å²) in [6, 6.07) is 4.58. The van der Waals surface area contributed by atoms with E-state index in [9.17, 15) is 10.1 Å². The van der Waals surface area contributed by atoms with E-state index in [4.69, 9.17) is 4.74 Å². The Morgan fingerprint density at radius 3 is 2.67 bits per heavy atom. The lowest BCUT2D eigenvalue weighted by molar-refractivity contribution is 0.0774. The summed E-state index contributed by atoms with van der Waals surface area (Å²) in [6.07, 6.45) is 1.65. The summed E-state index contributed by atoms with van der Waals surface area (Å²) in [7, 11) is 0.593. The van der Waals surface area contributed by atoms with Crippen LogP contribution < -0.4 is 0 Å². The molecule has 0 unspecified atom stereocenters. The number of ketones is 1. The molecule has 0 saturated heterocycles. The number of aromatic nitrogens is 4. The Labute approximate surface area is 155 Å². The van der Waals surface area contributed by atoms with Crippen LogP contribution in [-0.4, -0.2) is 40.0 Å². The van der Waals surface area contributed by atoms with Gasteiger partial charge in [0.25, 0.3) is 0 Å². The molecule has 0 aliphatic rings. The largest absolute Gasteiger partial charge is 0.359 e. The molecule has 7 nitrogen and oxygen atoms in total. The molecule has 0 N–H and O–H groups in total. The van der Waals surface area contributed by atoms with Crippen molar-refractivity contribution in [3.63, 3.8) is 0 Å². The maximum atomic E-state index is 12.5. The Morgan fingerprint density at radius 1 is 1.42 bits per heavy atom. The molecule has 128 valence electrons. The second-order valence-electron chi connectivity index (χ2n) is 6.71. The lowest BCUT2D eigenvalue weighted by atomic mass is 10.2. The molecule has 9 heteroatoms. The predicted molar refractivity (Wildman–Crippen MR) is 100 cm³/mol. The molecule has 0 amide bonds. The van der Waals surface area contributed by atoms with Crippen molar-refractivity contribution in [2.24, 2.45) is 7.05 Å². The Morgan fingerprint density at radius 2 is 2.12 bits per heavy atom. The Balaban J connectivity index is 2.11. The maximum Gasteiger partial charge on any atom is 0.217 e. The standard InChI is InChI=1S/C15H20IN5O2Si/c1-20-9-12(15(16)19-20)14(22)13-7-11(8-17)21(18-13)10-23-5-6-24(2,3)4/h7,9H,5-6,10H2,1-4H3. The molecule has 0 aromatic carbocycles. The lowest BCUT2D eigenvalue weighted by Crippen LogP contribution is -2.22. The first-order valence-corrected chi connectivity index (χ1v) is 12.3. The van der Waals surface area contributed by atoms with E-state index in [1.165, 1.54) is 10.7 Å². The average Bonchev–Trinajstić information content (AvgIpc) is 3.04. The number of nitriles is 1. The molecule has 0 saturated carbocycles. The molecule has 2 aromatic rings. The molecule has 0 fully saturated rings. The van der Waals surface area contributed by atoms with Crippen molar-refractivity contribution in [2.75, 3.05) is 6.61 Å². The Bertz CT molecular complexity index is 785. The number of hydrogen-bond acceptors (Lipinski definition) is 5. The molecule has 2 aromatic heterocycles. The van der Waals surface area contributed by atoms with Crippen molar-refractivity contribution in [3.05, 3.63) is 32.9 Å². The van der Waals surface area contributed by atoms with Gasteiger partial charge in [0.1, 0.15) is 27.9 Å². The van der Waals surface area contributed by atoms with Crippen molar-refractivity contribution >= 4 is 36.4 Å².